The molecule has 0 radical (unpaired) electrons. The molecule has 1 rings (SSSR count). The van der Waals surface area contributed by atoms with E-state index in [1.54, 1.807) is 20.8 Å². The van der Waals surface area contributed by atoms with Crippen LogP contribution in [-0.4, -0.2) is 31.2 Å². The van der Waals surface area contributed by atoms with E-state index in [-0.39, 0.29) is 21.3 Å². The number of aromatic nitrogens is 1. The minimum atomic E-state index is -3.68. The van der Waals surface area contributed by atoms with Gasteiger partial charge in [-0.1, -0.05) is 23.2 Å². The Labute approximate surface area is 133 Å². The molecule has 6 nitrogen and oxygen atoms in total. The van der Waals surface area contributed by atoms with Gasteiger partial charge in [0.05, 0.1) is 23.4 Å². The fourth-order valence-corrected chi connectivity index (χ4v) is 2.12. The number of nitrogens with zero attached hydrogens (tertiary/aromatic N) is 1. The van der Waals surface area contributed by atoms with Gasteiger partial charge < -0.3 is 4.74 Å². The lowest BCUT2D eigenvalue weighted by atomic mass is 10.1. The van der Waals surface area contributed by atoms with Crippen molar-refractivity contribution >= 4 is 39.3 Å². The molecule has 0 aliphatic heterocycles. The molecular weight excluding hydrogens is 341 g/mol. The van der Waals surface area contributed by atoms with Gasteiger partial charge in [-0.3, -0.25) is 4.18 Å². The molecule has 21 heavy (non-hydrogen) atoms. The number of carbonyl (C=O) groups is 1. The molecule has 0 atom stereocenters. The van der Waals surface area contributed by atoms with Crippen molar-refractivity contribution in [3.05, 3.63) is 27.5 Å². The van der Waals surface area contributed by atoms with E-state index in [0.29, 0.717) is 0 Å². The van der Waals surface area contributed by atoms with E-state index in [1.165, 1.54) is 6.20 Å². The van der Waals surface area contributed by atoms with Crippen LogP contribution in [-0.2, 0) is 25.6 Å². The third kappa shape index (κ3) is 5.78. The molecule has 0 N–H and O–H groups in total. The molecule has 0 aliphatic carbocycles. The highest BCUT2D eigenvalue weighted by molar-refractivity contribution is 7.85. The molecule has 0 unspecified atom stereocenters. The number of esters is 1. The predicted octanol–water partition coefficient (Wildman–Crippen LogP) is 2.82. The maximum atomic E-state index is 12.0. The topological polar surface area (TPSA) is 82.6 Å². The highest BCUT2D eigenvalue weighted by Crippen LogP contribution is 2.28. The molecule has 1 heterocycles. The SMILES string of the molecule is CC(C)(C)OC(=O)c1cnc(Cl)c(COS(C)(=O)=O)c1Cl. The summed E-state index contributed by atoms with van der Waals surface area (Å²) < 4.78 is 31.8. The van der Waals surface area contributed by atoms with E-state index in [0.717, 1.165) is 6.26 Å². The first-order valence-corrected chi connectivity index (χ1v) is 8.38. The number of carbonyl (C=O) groups excluding carboxylic acids is 1. The summed E-state index contributed by atoms with van der Waals surface area (Å²) in [5.74, 6) is -0.683. The fraction of sp³-hybridized carbons (Fsp3) is 0.500. The van der Waals surface area contributed by atoms with Gasteiger partial charge in [-0.05, 0) is 20.8 Å². The maximum Gasteiger partial charge on any atom is 0.341 e. The van der Waals surface area contributed by atoms with E-state index < -0.39 is 28.3 Å². The highest BCUT2D eigenvalue weighted by atomic mass is 35.5. The van der Waals surface area contributed by atoms with Crippen molar-refractivity contribution in [3.63, 3.8) is 0 Å². The lowest BCUT2D eigenvalue weighted by molar-refractivity contribution is 0.00691. The third-order valence-electron chi connectivity index (χ3n) is 2.09. The molecular formula is C12H15Cl2NO5S. The Morgan fingerprint density at radius 2 is 1.90 bits per heavy atom. The van der Waals surface area contributed by atoms with Crippen molar-refractivity contribution in [2.24, 2.45) is 0 Å². The zero-order chi connectivity index (χ0) is 16.4. The molecule has 0 saturated heterocycles. The quantitative estimate of drug-likeness (QED) is 0.469. The average molecular weight is 356 g/mol. The normalized spacial score (nSPS) is 12.3. The lowest BCUT2D eigenvalue weighted by Gasteiger charge is -2.20. The van der Waals surface area contributed by atoms with E-state index in [2.05, 4.69) is 9.17 Å². The second kappa shape index (κ2) is 6.48. The van der Waals surface area contributed by atoms with Gasteiger partial charge in [-0.15, -0.1) is 0 Å². The van der Waals surface area contributed by atoms with Crippen LogP contribution in [0, 0.1) is 0 Å². The summed E-state index contributed by atoms with van der Waals surface area (Å²) in [5.41, 5.74) is -0.612. The zero-order valence-electron chi connectivity index (χ0n) is 11.9. The van der Waals surface area contributed by atoms with Crippen molar-refractivity contribution in [2.45, 2.75) is 33.0 Å². The van der Waals surface area contributed by atoms with Crippen LogP contribution in [0.5, 0.6) is 0 Å². The smallest absolute Gasteiger partial charge is 0.341 e. The Morgan fingerprint density at radius 1 is 1.33 bits per heavy atom. The second-order valence-electron chi connectivity index (χ2n) is 5.22. The van der Waals surface area contributed by atoms with E-state index >= 15 is 0 Å². The van der Waals surface area contributed by atoms with Gasteiger partial charge in [0.15, 0.2) is 0 Å². The van der Waals surface area contributed by atoms with Gasteiger partial charge >= 0.3 is 5.97 Å². The largest absolute Gasteiger partial charge is 0.456 e. The van der Waals surface area contributed by atoms with Crippen molar-refractivity contribution in [3.8, 4) is 0 Å². The highest BCUT2D eigenvalue weighted by Gasteiger charge is 2.23. The van der Waals surface area contributed by atoms with Crippen molar-refractivity contribution in [1.82, 2.24) is 4.98 Å². The number of hydrogen-bond donors (Lipinski definition) is 0. The van der Waals surface area contributed by atoms with Crippen LogP contribution in [0.15, 0.2) is 6.20 Å². The van der Waals surface area contributed by atoms with Crippen LogP contribution in [0.3, 0.4) is 0 Å². The van der Waals surface area contributed by atoms with Crippen molar-refractivity contribution in [1.29, 1.82) is 0 Å². The van der Waals surface area contributed by atoms with Gasteiger partial charge in [0, 0.05) is 11.8 Å². The Bertz CT molecular complexity index is 652. The first-order chi connectivity index (χ1) is 9.41. The minimum Gasteiger partial charge on any atom is -0.456 e. The van der Waals surface area contributed by atoms with Crippen LogP contribution in [0.2, 0.25) is 10.2 Å². The summed E-state index contributed by atoms with van der Waals surface area (Å²) in [4.78, 5) is 15.8. The monoisotopic (exact) mass is 355 g/mol. The van der Waals surface area contributed by atoms with Crippen LogP contribution >= 0.6 is 23.2 Å². The summed E-state index contributed by atoms with van der Waals surface area (Å²) in [7, 11) is -3.68. The fourth-order valence-electron chi connectivity index (χ4n) is 1.27. The predicted molar refractivity (Wildman–Crippen MR) is 79.1 cm³/mol. The Kier molecular flexibility index (Phi) is 5.60. The molecule has 0 spiro atoms. The van der Waals surface area contributed by atoms with E-state index in [9.17, 15) is 13.2 Å². The standard InChI is InChI=1S/C12H15Cl2NO5S/c1-12(2,3)20-11(16)7-5-15-10(14)8(9(7)13)6-19-21(4,17)18/h5H,6H2,1-4H3. The molecule has 9 heteroatoms. The number of halogens is 2. The molecule has 0 amide bonds. The van der Waals surface area contributed by atoms with Gasteiger partial charge in [0.1, 0.15) is 10.8 Å². The van der Waals surface area contributed by atoms with Crippen LogP contribution in [0.4, 0.5) is 0 Å². The third-order valence-corrected chi connectivity index (χ3v) is 3.40. The van der Waals surface area contributed by atoms with Gasteiger partial charge in [0.25, 0.3) is 10.1 Å². The molecule has 0 saturated carbocycles. The summed E-state index contributed by atoms with van der Waals surface area (Å²) in [5, 5.41) is -0.0936. The molecule has 0 bridgehead atoms. The lowest BCUT2D eigenvalue weighted by Crippen LogP contribution is -2.24. The van der Waals surface area contributed by atoms with Crippen LogP contribution in [0.25, 0.3) is 0 Å². The number of hydrogen-bond acceptors (Lipinski definition) is 6. The molecule has 1 aromatic heterocycles. The second-order valence-corrected chi connectivity index (χ2v) is 7.60. The Hall–Kier alpha value is -0.890. The zero-order valence-corrected chi connectivity index (χ0v) is 14.3. The number of ether oxygens (including phenoxy) is 1. The van der Waals surface area contributed by atoms with Crippen LogP contribution < -0.4 is 0 Å². The number of rotatable bonds is 4. The first-order valence-electron chi connectivity index (χ1n) is 5.81. The van der Waals surface area contributed by atoms with Crippen LogP contribution in [0.1, 0.15) is 36.7 Å². The maximum absolute atomic E-state index is 12.0. The Morgan fingerprint density at radius 3 is 2.38 bits per heavy atom. The Balaban J connectivity index is 3.12. The first kappa shape index (κ1) is 18.2. The van der Waals surface area contributed by atoms with Gasteiger partial charge in [0.2, 0.25) is 0 Å². The molecule has 1 aromatic rings. The van der Waals surface area contributed by atoms with Crippen molar-refractivity contribution < 1.29 is 22.1 Å². The average Bonchev–Trinajstić information content (AvgIpc) is 2.24. The summed E-state index contributed by atoms with van der Waals surface area (Å²) in [6, 6.07) is 0. The summed E-state index contributed by atoms with van der Waals surface area (Å²) in [6.45, 7) is 4.70. The summed E-state index contributed by atoms with van der Waals surface area (Å²) in [6.07, 6.45) is 2.06. The molecule has 118 valence electrons. The van der Waals surface area contributed by atoms with Crippen molar-refractivity contribution in [2.75, 3.05) is 6.26 Å². The minimum absolute atomic E-state index is 0.0110. The van der Waals surface area contributed by atoms with E-state index in [4.69, 9.17) is 27.9 Å². The van der Waals surface area contributed by atoms with Gasteiger partial charge in [-0.2, -0.15) is 8.42 Å². The summed E-state index contributed by atoms with van der Waals surface area (Å²) >= 11 is 11.9. The van der Waals surface area contributed by atoms with E-state index in [1.807, 2.05) is 0 Å². The molecule has 0 aliphatic rings. The van der Waals surface area contributed by atoms with Gasteiger partial charge in [-0.25, -0.2) is 9.78 Å². The molecule has 0 aromatic carbocycles. The number of pyridine rings is 1. The molecule has 0 fully saturated rings.